The van der Waals surface area contributed by atoms with Crippen LogP contribution in [0.1, 0.15) is 45.4 Å². The predicted octanol–water partition coefficient (Wildman–Crippen LogP) is 1.63. The van der Waals surface area contributed by atoms with Crippen molar-refractivity contribution in [1.29, 1.82) is 0 Å². The van der Waals surface area contributed by atoms with Crippen molar-refractivity contribution < 1.29 is 0 Å². The Labute approximate surface area is 80.8 Å². The van der Waals surface area contributed by atoms with E-state index < -0.39 is 0 Å². The van der Waals surface area contributed by atoms with Crippen molar-refractivity contribution in [3.05, 3.63) is 0 Å². The monoisotopic (exact) mass is 183 g/mol. The average Bonchev–Trinajstić information content (AvgIpc) is 2.57. The lowest BCUT2D eigenvalue weighted by molar-refractivity contribution is 0.624. The van der Waals surface area contributed by atoms with Crippen LogP contribution < -0.4 is 11.1 Å². The molecule has 0 aromatic rings. The SMILES string of the molecule is CCCCN=C(N)NC1CCCC1. The van der Waals surface area contributed by atoms with Crippen LogP contribution in [0.25, 0.3) is 0 Å². The van der Waals surface area contributed by atoms with Gasteiger partial charge in [-0.05, 0) is 19.3 Å². The minimum atomic E-state index is 0.588. The Kier molecular flexibility index (Phi) is 4.65. The molecule has 0 bridgehead atoms. The van der Waals surface area contributed by atoms with Crippen molar-refractivity contribution in [3.8, 4) is 0 Å². The number of rotatable bonds is 4. The number of nitrogens with one attached hydrogen (secondary N) is 1. The van der Waals surface area contributed by atoms with Crippen LogP contribution in [0.15, 0.2) is 4.99 Å². The smallest absolute Gasteiger partial charge is 0.188 e. The van der Waals surface area contributed by atoms with Gasteiger partial charge in [0.2, 0.25) is 0 Å². The second-order valence-corrected chi connectivity index (χ2v) is 3.75. The fourth-order valence-corrected chi connectivity index (χ4v) is 1.68. The van der Waals surface area contributed by atoms with E-state index in [9.17, 15) is 0 Å². The maximum atomic E-state index is 5.73. The van der Waals surface area contributed by atoms with Gasteiger partial charge in [0.15, 0.2) is 5.96 Å². The first kappa shape index (κ1) is 10.4. The Hall–Kier alpha value is -0.730. The topological polar surface area (TPSA) is 50.4 Å². The number of nitrogens with zero attached hydrogens (tertiary/aromatic N) is 1. The molecule has 3 heteroatoms. The zero-order valence-electron chi connectivity index (χ0n) is 8.55. The van der Waals surface area contributed by atoms with Crippen molar-refractivity contribution in [2.24, 2.45) is 10.7 Å². The highest BCUT2D eigenvalue weighted by molar-refractivity contribution is 5.78. The number of nitrogens with two attached hydrogens (primary N) is 1. The Bertz CT molecular complexity index is 160. The maximum Gasteiger partial charge on any atom is 0.188 e. The molecule has 0 unspecified atom stereocenters. The average molecular weight is 183 g/mol. The maximum absolute atomic E-state index is 5.73. The van der Waals surface area contributed by atoms with Gasteiger partial charge in [0.1, 0.15) is 0 Å². The minimum Gasteiger partial charge on any atom is -0.370 e. The molecular weight excluding hydrogens is 162 g/mol. The molecule has 0 aromatic carbocycles. The molecule has 1 aliphatic carbocycles. The van der Waals surface area contributed by atoms with Crippen LogP contribution in [0.2, 0.25) is 0 Å². The van der Waals surface area contributed by atoms with Crippen LogP contribution in [0.5, 0.6) is 0 Å². The lowest BCUT2D eigenvalue weighted by Crippen LogP contribution is -2.38. The van der Waals surface area contributed by atoms with E-state index in [1.807, 2.05) is 0 Å². The Balaban J connectivity index is 2.14. The summed E-state index contributed by atoms with van der Waals surface area (Å²) in [5.74, 6) is 0.639. The fraction of sp³-hybridized carbons (Fsp3) is 0.900. The summed E-state index contributed by atoms with van der Waals surface area (Å²) in [5, 5.41) is 3.27. The predicted molar refractivity (Wildman–Crippen MR) is 56.8 cm³/mol. The molecule has 0 radical (unpaired) electrons. The molecule has 3 nitrogen and oxygen atoms in total. The largest absolute Gasteiger partial charge is 0.370 e. The fourth-order valence-electron chi connectivity index (χ4n) is 1.68. The first-order chi connectivity index (χ1) is 6.33. The van der Waals surface area contributed by atoms with Gasteiger partial charge in [-0.25, -0.2) is 0 Å². The van der Waals surface area contributed by atoms with E-state index in [4.69, 9.17) is 5.73 Å². The molecule has 76 valence electrons. The molecule has 1 fully saturated rings. The molecule has 0 spiro atoms. The first-order valence-corrected chi connectivity index (χ1v) is 5.39. The van der Waals surface area contributed by atoms with E-state index in [0.29, 0.717) is 12.0 Å². The summed E-state index contributed by atoms with van der Waals surface area (Å²) in [6.07, 6.45) is 7.49. The van der Waals surface area contributed by atoms with Crippen molar-refractivity contribution in [2.75, 3.05) is 6.54 Å². The number of unbranched alkanes of at least 4 members (excludes halogenated alkanes) is 1. The van der Waals surface area contributed by atoms with Gasteiger partial charge >= 0.3 is 0 Å². The third-order valence-electron chi connectivity index (χ3n) is 2.50. The van der Waals surface area contributed by atoms with Gasteiger partial charge in [0.05, 0.1) is 0 Å². The summed E-state index contributed by atoms with van der Waals surface area (Å²) in [4.78, 5) is 4.26. The van der Waals surface area contributed by atoms with Crippen molar-refractivity contribution in [3.63, 3.8) is 0 Å². The van der Waals surface area contributed by atoms with Crippen molar-refractivity contribution in [2.45, 2.75) is 51.5 Å². The molecule has 13 heavy (non-hydrogen) atoms. The van der Waals surface area contributed by atoms with Crippen LogP contribution >= 0.6 is 0 Å². The van der Waals surface area contributed by atoms with E-state index in [1.165, 1.54) is 32.1 Å². The zero-order chi connectivity index (χ0) is 9.52. The normalized spacial score (nSPS) is 19.3. The van der Waals surface area contributed by atoms with E-state index in [2.05, 4.69) is 17.2 Å². The van der Waals surface area contributed by atoms with Gasteiger partial charge in [0.25, 0.3) is 0 Å². The van der Waals surface area contributed by atoms with E-state index >= 15 is 0 Å². The molecular formula is C10H21N3. The van der Waals surface area contributed by atoms with Crippen LogP contribution in [0, 0.1) is 0 Å². The Morgan fingerprint density at radius 3 is 2.77 bits per heavy atom. The quantitative estimate of drug-likeness (QED) is 0.395. The van der Waals surface area contributed by atoms with Gasteiger partial charge < -0.3 is 11.1 Å². The standard InChI is InChI=1S/C10H21N3/c1-2-3-8-12-10(11)13-9-6-4-5-7-9/h9H,2-8H2,1H3,(H3,11,12,13). The highest BCUT2D eigenvalue weighted by Crippen LogP contribution is 2.17. The molecule has 0 aliphatic heterocycles. The third-order valence-corrected chi connectivity index (χ3v) is 2.50. The van der Waals surface area contributed by atoms with Crippen molar-refractivity contribution in [1.82, 2.24) is 5.32 Å². The van der Waals surface area contributed by atoms with Crippen molar-refractivity contribution >= 4 is 5.96 Å². The van der Waals surface area contributed by atoms with Crippen LogP contribution in [0.3, 0.4) is 0 Å². The van der Waals surface area contributed by atoms with E-state index in [1.54, 1.807) is 0 Å². The lowest BCUT2D eigenvalue weighted by atomic mass is 10.2. The minimum absolute atomic E-state index is 0.588. The summed E-state index contributed by atoms with van der Waals surface area (Å²) < 4.78 is 0. The zero-order valence-corrected chi connectivity index (χ0v) is 8.55. The first-order valence-electron chi connectivity index (χ1n) is 5.39. The van der Waals surface area contributed by atoms with Crippen LogP contribution in [-0.2, 0) is 0 Å². The van der Waals surface area contributed by atoms with E-state index in [-0.39, 0.29) is 0 Å². The summed E-state index contributed by atoms with van der Waals surface area (Å²) in [6.45, 7) is 3.03. The molecule has 1 rings (SSSR count). The molecule has 0 atom stereocenters. The summed E-state index contributed by atoms with van der Waals surface area (Å²) in [5.41, 5.74) is 5.73. The number of hydrogen-bond acceptors (Lipinski definition) is 1. The number of aliphatic imine (C=N–C) groups is 1. The molecule has 3 N–H and O–H groups in total. The van der Waals surface area contributed by atoms with E-state index in [0.717, 1.165) is 13.0 Å². The molecule has 0 heterocycles. The van der Waals surface area contributed by atoms with Gasteiger partial charge in [-0.1, -0.05) is 26.2 Å². The highest BCUT2D eigenvalue weighted by atomic mass is 15.1. The third kappa shape index (κ3) is 4.15. The van der Waals surface area contributed by atoms with Crippen LogP contribution in [-0.4, -0.2) is 18.5 Å². The summed E-state index contributed by atoms with van der Waals surface area (Å²) in [6, 6.07) is 0.588. The number of guanidine groups is 1. The Morgan fingerprint density at radius 1 is 1.46 bits per heavy atom. The van der Waals surface area contributed by atoms with Crippen LogP contribution in [0.4, 0.5) is 0 Å². The second kappa shape index (κ2) is 5.84. The Morgan fingerprint density at radius 2 is 2.15 bits per heavy atom. The molecule has 0 saturated heterocycles. The molecule has 1 saturated carbocycles. The molecule has 1 aliphatic rings. The molecule has 0 amide bonds. The van der Waals surface area contributed by atoms with Gasteiger partial charge in [-0.3, -0.25) is 4.99 Å². The highest BCUT2D eigenvalue weighted by Gasteiger charge is 2.14. The second-order valence-electron chi connectivity index (χ2n) is 3.75. The van der Waals surface area contributed by atoms with Gasteiger partial charge in [-0.2, -0.15) is 0 Å². The lowest BCUT2D eigenvalue weighted by Gasteiger charge is -2.11. The number of hydrogen-bond donors (Lipinski definition) is 2. The summed E-state index contributed by atoms with van der Waals surface area (Å²) >= 11 is 0. The van der Waals surface area contributed by atoms with Gasteiger partial charge in [0, 0.05) is 12.6 Å². The molecule has 0 aromatic heterocycles. The van der Waals surface area contributed by atoms with Gasteiger partial charge in [-0.15, -0.1) is 0 Å². The summed E-state index contributed by atoms with van der Waals surface area (Å²) in [7, 11) is 0.